The SMILES string of the molecule is Cc1ccc(C2c3cccn3CCN2Cc2ccc(C(=O)NCCC(C)C)o2)cc1. The standard InChI is InChI=1S/C25H31N3O2/c1-18(2)12-13-26-25(29)23-11-10-21(30-23)17-28-16-15-27-14-4-5-22(27)24(28)20-8-6-19(3)7-9-20/h4-11,14,18,24H,12-13,15-17H2,1-3H3,(H,26,29). The second kappa shape index (κ2) is 8.92. The third-order valence-electron chi connectivity index (χ3n) is 5.78. The number of rotatable bonds is 7. The predicted molar refractivity (Wildman–Crippen MR) is 118 cm³/mol. The summed E-state index contributed by atoms with van der Waals surface area (Å²) in [7, 11) is 0. The minimum Gasteiger partial charge on any atom is -0.455 e. The Hall–Kier alpha value is -2.79. The maximum atomic E-state index is 12.4. The molecule has 5 nitrogen and oxygen atoms in total. The van der Waals surface area contributed by atoms with Gasteiger partial charge in [0, 0.05) is 31.5 Å². The molecule has 1 N–H and O–H groups in total. The number of furan rings is 1. The Balaban J connectivity index is 1.50. The summed E-state index contributed by atoms with van der Waals surface area (Å²) >= 11 is 0. The van der Waals surface area contributed by atoms with Crippen LogP contribution in [0.15, 0.2) is 59.1 Å². The van der Waals surface area contributed by atoms with Crippen molar-refractivity contribution >= 4 is 5.91 Å². The number of aromatic nitrogens is 1. The fraction of sp³-hybridized carbons (Fsp3) is 0.400. The molecule has 0 saturated carbocycles. The van der Waals surface area contributed by atoms with Gasteiger partial charge in [-0.25, -0.2) is 0 Å². The smallest absolute Gasteiger partial charge is 0.286 e. The molecule has 0 saturated heterocycles. The molecule has 0 fully saturated rings. The molecule has 0 spiro atoms. The van der Waals surface area contributed by atoms with Crippen LogP contribution in [0.4, 0.5) is 0 Å². The van der Waals surface area contributed by atoms with Gasteiger partial charge in [-0.05, 0) is 49.1 Å². The van der Waals surface area contributed by atoms with E-state index in [1.54, 1.807) is 6.07 Å². The van der Waals surface area contributed by atoms with Crippen molar-refractivity contribution < 1.29 is 9.21 Å². The molecule has 5 heteroatoms. The maximum absolute atomic E-state index is 12.4. The van der Waals surface area contributed by atoms with Crippen molar-refractivity contribution in [2.24, 2.45) is 5.92 Å². The van der Waals surface area contributed by atoms with Gasteiger partial charge < -0.3 is 14.3 Å². The van der Waals surface area contributed by atoms with Gasteiger partial charge in [-0.15, -0.1) is 0 Å². The molecule has 1 amide bonds. The average molecular weight is 406 g/mol. The second-order valence-corrected chi connectivity index (χ2v) is 8.61. The maximum Gasteiger partial charge on any atom is 0.286 e. The number of carbonyl (C=O) groups is 1. The molecule has 1 aliphatic rings. The van der Waals surface area contributed by atoms with E-state index in [-0.39, 0.29) is 11.9 Å². The van der Waals surface area contributed by atoms with Crippen molar-refractivity contribution in [3.63, 3.8) is 0 Å². The highest BCUT2D eigenvalue weighted by atomic mass is 16.4. The Labute approximate surface area is 178 Å². The summed E-state index contributed by atoms with van der Waals surface area (Å²) in [5, 5.41) is 2.95. The van der Waals surface area contributed by atoms with Crippen molar-refractivity contribution in [1.82, 2.24) is 14.8 Å². The zero-order chi connectivity index (χ0) is 21.1. The van der Waals surface area contributed by atoms with Crippen LogP contribution in [-0.4, -0.2) is 28.5 Å². The number of benzene rings is 1. The molecule has 1 unspecified atom stereocenters. The summed E-state index contributed by atoms with van der Waals surface area (Å²) in [5.74, 6) is 1.64. The molecule has 3 heterocycles. The lowest BCUT2D eigenvalue weighted by molar-refractivity contribution is 0.0917. The fourth-order valence-corrected chi connectivity index (χ4v) is 4.08. The third-order valence-corrected chi connectivity index (χ3v) is 5.78. The number of hydrogen-bond acceptors (Lipinski definition) is 3. The van der Waals surface area contributed by atoms with Crippen LogP contribution in [0.1, 0.15) is 59.4 Å². The number of hydrogen-bond donors (Lipinski definition) is 1. The zero-order valence-electron chi connectivity index (χ0n) is 18.1. The molecule has 2 aromatic heterocycles. The first-order chi connectivity index (χ1) is 14.5. The first kappa shape index (κ1) is 20.5. The molecule has 158 valence electrons. The Morgan fingerprint density at radius 3 is 2.70 bits per heavy atom. The summed E-state index contributed by atoms with van der Waals surface area (Å²) < 4.78 is 8.25. The van der Waals surface area contributed by atoms with Crippen molar-refractivity contribution in [3.8, 4) is 0 Å². The van der Waals surface area contributed by atoms with Crippen LogP contribution in [0.3, 0.4) is 0 Å². The van der Waals surface area contributed by atoms with Gasteiger partial charge in [0.2, 0.25) is 0 Å². The molecule has 3 aromatic rings. The highest BCUT2D eigenvalue weighted by molar-refractivity contribution is 5.91. The monoisotopic (exact) mass is 405 g/mol. The molecule has 1 atom stereocenters. The van der Waals surface area contributed by atoms with Gasteiger partial charge >= 0.3 is 0 Å². The molecule has 0 bridgehead atoms. The Morgan fingerprint density at radius 2 is 1.93 bits per heavy atom. The quantitative estimate of drug-likeness (QED) is 0.616. The van der Waals surface area contributed by atoms with Gasteiger partial charge in [0.15, 0.2) is 5.76 Å². The normalized spacial score (nSPS) is 16.6. The van der Waals surface area contributed by atoms with E-state index < -0.39 is 0 Å². The Morgan fingerprint density at radius 1 is 1.13 bits per heavy atom. The molecule has 1 aliphatic heterocycles. The summed E-state index contributed by atoms with van der Waals surface area (Å²) in [6, 6.07) is 17.0. The van der Waals surface area contributed by atoms with Gasteiger partial charge in [-0.2, -0.15) is 0 Å². The Bertz CT molecular complexity index is 984. The predicted octanol–water partition coefficient (Wildman–Crippen LogP) is 4.77. The molecule has 0 radical (unpaired) electrons. The van der Waals surface area contributed by atoms with E-state index in [1.165, 1.54) is 16.8 Å². The molecular formula is C25H31N3O2. The third kappa shape index (κ3) is 4.51. The van der Waals surface area contributed by atoms with Gasteiger partial charge in [-0.3, -0.25) is 9.69 Å². The fourth-order valence-electron chi connectivity index (χ4n) is 4.08. The number of carbonyl (C=O) groups excluding carboxylic acids is 1. The van der Waals surface area contributed by atoms with Crippen molar-refractivity contribution in [2.75, 3.05) is 13.1 Å². The lowest BCUT2D eigenvalue weighted by atomic mass is 9.99. The van der Waals surface area contributed by atoms with Crippen LogP contribution in [0, 0.1) is 12.8 Å². The molecule has 4 rings (SSSR count). The summed E-state index contributed by atoms with van der Waals surface area (Å²) in [5.41, 5.74) is 3.83. The highest BCUT2D eigenvalue weighted by Gasteiger charge is 2.29. The van der Waals surface area contributed by atoms with E-state index in [4.69, 9.17) is 4.42 Å². The van der Waals surface area contributed by atoms with Crippen molar-refractivity contribution in [3.05, 3.63) is 83.1 Å². The first-order valence-corrected chi connectivity index (χ1v) is 10.8. The van der Waals surface area contributed by atoms with E-state index in [9.17, 15) is 4.79 Å². The van der Waals surface area contributed by atoms with Crippen molar-refractivity contribution in [2.45, 2.75) is 46.3 Å². The molecule has 30 heavy (non-hydrogen) atoms. The van der Waals surface area contributed by atoms with Gasteiger partial charge in [0.05, 0.1) is 12.6 Å². The lowest BCUT2D eigenvalue weighted by Gasteiger charge is -2.37. The Kier molecular flexibility index (Phi) is 6.09. The highest BCUT2D eigenvalue weighted by Crippen LogP contribution is 2.33. The summed E-state index contributed by atoms with van der Waals surface area (Å²) in [4.78, 5) is 14.8. The topological polar surface area (TPSA) is 50.4 Å². The van der Waals surface area contributed by atoms with E-state index in [2.05, 4.69) is 78.2 Å². The van der Waals surface area contributed by atoms with Crippen LogP contribution in [0.25, 0.3) is 0 Å². The summed E-state index contributed by atoms with van der Waals surface area (Å²) in [6.45, 7) is 9.63. The van der Waals surface area contributed by atoms with E-state index in [1.807, 2.05) is 6.07 Å². The van der Waals surface area contributed by atoms with Crippen molar-refractivity contribution in [1.29, 1.82) is 0 Å². The molecule has 0 aliphatic carbocycles. The molecule has 1 aromatic carbocycles. The van der Waals surface area contributed by atoms with Gasteiger partial charge in [0.25, 0.3) is 5.91 Å². The van der Waals surface area contributed by atoms with Crippen LogP contribution >= 0.6 is 0 Å². The number of amides is 1. The van der Waals surface area contributed by atoms with Crippen LogP contribution < -0.4 is 5.32 Å². The number of aryl methyl sites for hydroxylation is 1. The van der Waals surface area contributed by atoms with Crippen LogP contribution in [-0.2, 0) is 13.1 Å². The minimum atomic E-state index is -0.135. The van der Waals surface area contributed by atoms with Gasteiger partial charge in [-0.1, -0.05) is 43.7 Å². The first-order valence-electron chi connectivity index (χ1n) is 10.8. The van der Waals surface area contributed by atoms with Crippen LogP contribution in [0.2, 0.25) is 0 Å². The van der Waals surface area contributed by atoms with Gasteiger partial charge in [0.1, 0.15) is 5.76 Å². The van der Waals surface area contributed by atoms with E-state index in [0.29, 0.717) is 24.8 Å². The van der Waals surface area contributed by atoms with E-state index in [0.717, 1.165) is 25.3 Å². The average Bonchev–Trinajstić information content (AvgIpc) is 3.38. The second-order valence-electron chi connectivity index (χ2n) is 8.61. The number of nitrogens with one attached hydrogen (secondary N) is 1. The lowest BCUT2D eigenvalue weighted by Crippen LogP contribution is -2.37. The minimum absolute atomic E-state index is 0.135. The number of fused-ring (bicyclic) bond motifs is 1. The van der Waals surface area contributed by atoms with Crippen LogP contribution in [0.5, 0.6) is 0 Å². The summed E-state index contributed by atoms with van der Waals surface area (Å²) in [6.07, 6.45) is 3.12. The largest absolute Gasteiger partial charge is 0.455 e. The van der Waals surface area contributed by atoms with E-state index >= 15 is 0 Å². The number of nitrogens with zero attached hydrogens (tertiary/aromatic N) is 2. The molecular weight excluding hydrogens is 374 g/mol. The zero-order valence-corrected chi connectivity index (χ0v) is 18.1.